The SMILES string of the molecule is CCOc1cc(C=NNC(=O)C(NC(=O)c2ccc(Cl)cc2Cl)C(C)C)ccc1OCc1cccc(C)c1. The second-order valence-corrected chi connectivity index (χ2v) is 9.81. The number of nitrogens with one attached hydrogen (secondary N) is 2. The number of hydrazone groups is 1. The summed E-state index contributed by atoms with van der Waals surface area (Å²) in [4.78, 5) is 25.5. The molecule has 0 radical (unpaired) electrons. The zero-order valence-electron chi connectivity index (χ0n) is 21.8. The average molecular weight is 556 g/mol. The molecule has 0 aromatic heterocycles. The maximum absolute atomic E-state index is 12.8. The third-order valence-corrected chi connectivity index (χ3v) is 6.09. The van der Waals surface area contributed by atoms with Crippen LogP contribution in [0.25, 0.3) is 0 Å². The molecule has 1 atom stereocenters. The van der Waals surface area contributed by atoms with Gasteiger partial charge in [-0.15, -0.1) is 0 Å². The molecule has 0 aliphatic rings. The van der Waals surface area contributed by atoms with Gasteiger partial charge in [0, 0.05) is 5.02 Å². The van der Waals surface area contributed by atoms with Crippen LogP contribution in [0, 0.1) is 12.8 Å². The summed E-state index contributed by atoms with van der Waals surface area (Å²) in [5.74, 6) is 0.0418. The van der Waals surface area contributed by atoms with Gasteiger partial charge in [-0.25, -0.2) is 5.43 Å². The molecule has 0 saturated heterocycles. The fourth-order valence-corrected chi connectivity index (χ4v) is 4.12. The quantitative estimate of drug-likeness (QED) is 0.218. The largest absolute Gasteiger partial charge is 0.490 e. The zero-order valence-corrected chi connectivity index (χ0v) is 23.3. The molecule has 1 unspecified atom stereocenters. The first kappa shape index (κ1) is 29.0. The Balaban J connectivity index is 1.65. The fraction of sp³-hybridized carbons (Fsp3) is 0.276. The van der Waals surface area contributed by atoms with E-state index in [9.17, 15) is 9.59 Å². The average Bonchev–Trinajstić information content (AvgIpc) is 2.86. The van der Waals surface area contributed by atoms with Gasteiger partial charge in [0.2, 0.25) is 0 Å². The van der Waals surface area contributed by atoms with E-state index < -0.39 is 17.9 Å². The minimum Gasteiger partial charge on any atom is -0.490 e. The van der Waals surface area contributed by atoms with E-state index in [4.69, 9.17) is 32.7 Å². The highest BCUT2D eigenvalue weighted by Crippen LogP contribution is 2.29. The van der Waals surface area contributed by atoms with E-state index in [1.54, 1.807) is 18.2 Å². The summed E-state index contributed by atoms with van der Waals surface area (Å²) < 4.78 is 11.7. The minimum atomic E-state index is -0.831. The van der Waals surface area contributed by atoms with Crippen molar-refractivity contribution in [1.29, 1.82) is 0 Å². The van der Waals surface area contributed by atoms with Gasteiger partial charge in [-0.3, -0.25) is 9.59 Å². The molecule has 2 N–H and O–H groups in total. The first-order valence-corrected chi connectivity index (χ1v) is 13.0. The number of rotatable bonds is 11. The number of aryl methyl sites for hydroxylation is 1. The van der Waals surface area contributed by atoms with E-state index in [0.29, 0.717) is 35.3 Å². The topological polar surface area (TPSA) is 89.0 Å². The number of amides is 2. The van der Waals surface area contributed by atoms with Gasteiger partial charge in [-0.05, 0) is 67.3 Å². The smallest absolute Gasteiger partial charge is 0.262 e. The highest BCUT2D eigenvalue weighted by Gasteiger charge is 2.25. The third-order valence-electron chi connectivity index (χ3n) is 5.54. The Kier molecular flexibility index (Phi) is 10.6. The van der Waals surface area contributed by atoms with Gasteiger partial charge in [0.1, 0.15) is 12.6 Å². The highest BCUT2D eigenvalue weighted by atomic mass is 35.5. The Bertz CT molecular complexity index is 1310. The first-order chi connectivity index (χ1) is 18.2. The Hall–Kier alpha value is -3.55. The van der Waals surface area contributed by atoms with Gasteiger partial charge in [-0.2, -0.15) is 5.10 Å². The van der Waals surface area contributed by atoms with Gasteiger partial charge in [0.15, 0.2) is 11.5 Å². The van der Waals surface area contributed by atoms with Gasteiger partial charge >= 0.3 is 0 Å². The van der Waals surface area contributed by atoms with Crippen molar-refractivity contribution in [3.05, 3.63) is 93.0 Å². The summed E-state index contributed by atoms with van der Waals surface area (Å²) in [6, 6.07) is 17.2. The summed E-state index contributed by atoms with van der Waals surface area (Å²) in [5, 5.41) is 7.40. The van der Waals surface area contributed by atoms with Gasteiger partial charge in [0.05, 0.1) is 23.4 Å². The number of nitrogens with zero attached hydrogens (tertiary/aromatic N) is 1. The number of carbonyl (C=O) groups is 2. The van der Waals surface area contributed by atoms with E-state index in [-0.39, 0.29) is 16.5 Å². The molecule has 0 aliphatic heterocycles. The van der Waals surface area contributed by atoms with E-state index in [2.05, 4.69) is 21.9 Å². The summed E-state index contributed by atoms with van der Waals surface area (Å²) in [6.45, 7) is 8.45. The van der Waals surface area contributed by atoms with Crippen LogP contribution in [0.3, 0.4) is 0 Å². The van der Waals surface area contributed by atoms with Crippen molar-refractivity contribution in [2.75, 3.05) is 6.61 Å². The Morgan fingerprint density at radius 2 is 1.79 bits per heavy atom. The number of hydrogen-bond acceptors (Lipinski definition) is 5. The molecule has 0 heterocycles. The van der Waals surface area contributed by atoms with Crippen molar-refractivity contribution in [2.45, 2.75) is 40.3 Å². The van der Waals surface area contributed by atoms with Crippen LogP contribution in [0.1, 0.15) is 47.8 Å². The fourth-order valence-electron chi connectivity index (χ4n) is 3.62. The number of hydrogen-bond donors (Lipinski definition) is 2. The van der Waals surface area contributed by atoms with E-state index in [1.807, 2.05) is 52.0 Å². The van der Waals surface area contributed by atoms with Crippen molar-refractivity contribution >= 4 is 41.2 Å². The van der Waals surface area contributed by atoms with Crippen LogP contribution in [0.15, 0.2) is 65.8 Å². The monoisotopic (exact) mass is 555 g/mol. The zero-order chi connectivity index (χ0) is 27.7. The van der Waals surface area contributed by atoms with Crippen LogP contribution in [-0.2, 0) is 11.4 Å². The molecular weight excluding hydrogens is 525 g/mol. The van der Waals surface area contributed by atoms with Crippen LogP contribution in [0.4, 0.5) is 0 Å². The molecule has 9 heteroatoms. The molecule has 0 aliphatic carbocycles. The molecule has 7 nitrogen and oxygen atoms in total. The predicted molar refractivity (Wildman–Crippen MR) is 151 cm³/mol. The molecule has 200 valence electrons. The second kappa shape index (κ2) is 13.8. The molecule has 0 saturated carbocycles. The van der Waals surface area contributed by atoms with Gasteiger partial charge in [0.25, 0.3) is 11.8 Å². The Morgan fingerprint density at radius 3 is 2.47 bits per heavy atom. The number of benzene rings is 3. The molecule has 2 amide bonds. The molecule has 3 aromatic rings. The summed E-state index contributed by atoms with van der Waals surface area (Å²) in [5.41, 5.74) is 5.66. The highest BCUT2D eigenvalue weighted by molar-refractivity contribution is 6.36. The Labute approximate surface area is 233 Å². The lowest BCUT2D eigenvalue weighted by atomic mass is 10.0. The molecule has 0 bridgehead atoms. The van der Waals surface area contributed by atoms with Crippen LogP contribution < -0.4 is 20.2 Å². The molecule has 38 heavy (non-hydrogen) atoms. The standard InChI is InChI=1S/C29H31Cl2N3O4/c1-5-37-26-14-20(9-12-25(26)38-17-21-8-6-7-19(4)13-21)16-32-34-29(36)27(18(2)3)33-28(35)23-11-10-22(30)15-24(23)31/h6-16,18,27H,5,17H2,1-4H3,(H,33,35)(H,34,36). The second-order valence-electron chi connectivity index (χ2n) is 8.97. The summed E-state index contributed by atoms with van der Waals surface area (Å²) in [7, 11) is 0. The van der Waals surface area contributed by atoms with Crippen molar-refractivity contribution in [3.63, 3.8) is 0 Å². The molecular formula is C29H31Cl2N3O4. The van der Waals surface area contributed by atoms with E-state index in [1.165, 1.54) is 18.3 Å². The van der Waals surface area contributed by atoms with Crippen molar-refractivity contribution in [3.8, 4) is 11.5 Å². The molecule has 3 rings (SSSR count). The number of carbonyl (C=O) groups excluding carboxylic acids is 2. The lowest BCUT2D eigenvalue weighted by Crippen LogP contribution is -2.48. The predicted octanol–water partition coefficient (Wildman–Crippen LogP) is 6.18. The molecule has 0 fully saturated rings. The lowest BCUT2D eigenvalue weighted by Gasteiger charge is -2.20. The van der Waals surface area contributed by atoms with Crippen LogP contribution in [0.2, 0.25) is 10.0 Å². The maximum Gasteiger partial charge on any atom is 0.262 e. The minimum absolute atomic E-state index is 0.199. The normalized spacial score (nSPS) is 11.9. The van der Waals surface area contributed by atoms with Gasteiger partial charge in [-0.1, -0.05) is 66.9 Å². The van der Waals surface area contributed by atoms with Crippen LogP contribution in [-0.4, -0.2) is 30.7 Å². The Morgan fingerprint density at radius 1 is 1.00 bits per heavy atom. The van der Waals surface area contributed by atoms with E-state index >= 15 is 0 Å². The first-order valence-electron chi connectivity index (χ1n) is 12.2. The molecule has 3 aromatic carbocycles. The summed E-state index contributed by atoms with van der Waals surface area (Å²) in [6.07, 6.45) is 1.50. The summed E-state index contributed by atoms with van der Waals surface area (Å²) >= 11 is 12.0. The number of ether oxygens (including phenoxy) is 2. The lowest BCUT2D eigenvalue weighted by molar-refractivity contribution is -0.123. The van der Waals surface area contributed by atoms with Crippen LogP contribution in [0.5, 0.6) is 11.5 Å². The maximum atomic E-state index is 12.8. The van der Waals surface area contributed by atoms with Crippen molar-refractivity contribution in [2.24, 2.45) is 11.0 Å². The third kappa shape index (κ3) is 8.23. The van der Waals surface area contributed by atoms with Crippen molar-refractivity contribution in [1.82, 2.24) is 10.7 Å². The number of halogens is 2. The van der Waals surface area contributed by atoms with Crippen LogP contribution >= 0.6 is 23.2 Å². The molecule has 0 spiro atoms. The van der Waals surface area contributed by atoms with Crippen molar-refractivity contribution < 1.29 is 19.1 Å². The van der Waals surface area contributed by atoms with Gasteiger partial charge < -0.3 is 14.8 Å². The van der Waals surface area contributed by atoms with E-state index in [0.717, 1.165) is 11.1 Å².